The van der Waals surface area contributed by atoms with Crippen molar-refractivity contribution in [1.82, 2.24) is 24.7 Å². The van der Waals surface area contributed by atoms with Gasteiger partial charge in [-0.3, -0.25) is 9.59 Å². The van der Waals surface area contributed by atoms with E-state index in [1.807, 2.05) is 46.7 Å². The van der Waals surface area contributed by atoms with E-state index in [4.69, 9.17) is 0 Å². The molecular weight excluding hydrogens is 342 g/mol. The second kappa shape index (κ2) is 7.31. The van der Waals surface area contributed by atoms with Crippen LogP contribution in [0.2, 0.25) is 0 Å². The molecule has 7 heteroatoms. The molecule has 2 atom stereocenters. The van der Waals surface area contributed by atoms with E-state index >= 15 is 0 Å². The molecule has 3 heterocycles. The van der Waals surface area contributed by atoms with E-state index in [2.05, 4.69) is 10.3 Å². The van der Waals surface area contributed by atoms with Crippen LogP contribution in [0, 0.1) is 5.92 Å². The van der Waals surface area contributed by atoms with Crippen molar-refractivity contribution in [2.45, 2.75) is 25.3 Å². The summed E-state index contributed by atoms with van der Waals surface area (Å²) in [5, 5.41) is 3.13. The minimum absolute atomic E-state index is 0.0691. The lowest BCUT2D eigenvalue weighted by molar-refractivity contribution is -0.140. The quantitative estimate of drug-likeness (QED) is 0.881. The molecule has 2 aliphatic heterocycles. The highest BCUT2D eigenvalue weighted by Gasteiger charge is 2.40. The summed E-state index contributed by atoms with van der Waals surface area (Å²) in [6, 6.07) is 6.00. The zero-order chi connectivity index (χ0) is 19.0. The number of hydrogen-bond acceptors (Lipinski definition) is 4. The number of hydrogen-bond donors (Lipinski definition) is 1. The highest BCUT2D eigenvalue weighted by atomic mass is 16.2. The molecule has 2 saturated heterocycles. The average Bonchev–Trinajstić information content (AvgIpc) is 3.06. The van der Waals surface area contributed by atoms with Crippen LogP contribution in [0.5, 0.6) is 0 Å². The van der Waals surface area contributed by atoms with Crippen molar-refractivity contribution in [2.24, 2.45) is 13.0 Å². The lowest BCUT2D eigenvalue weighted by Gasteiger charge is -2.47. The summed E-state index contributed by atoms with van der Waals surface area (Å²) < 4.78 is 1.95. The second-order valence-electron chi connectivity index (χ2n) is 7.66. The Morgan fingerprint density at radius 2 is 2.19 bits per heavy atom. The van der Waals surface area contributed by atoms with Crippen LogP contribution in [0.25, 0.3) is 11.0 Å². The molecule has 7 nitrogen and oxygen atoms in total. The van der Waals surface area contributed by atoms with Gasteiger partial charge in [0, 0.05) is 51.3 Å². The molecule has 0 aliphatic carbocycles. The van der Waals surface area contributed by atoms with Gasteiger partial charge in [0.1, 0.15) is 0 Å². The Bertz CT molecular complexity index is 861. The normalized spacial score (nSPS) is 23.0. The Morgan fingerprint density at radius 3 is 3.00 bits per heavy atom. The van der Waals surface area contributed by atoms with Crippen LogP contribution in [0.4, 0.5) is 0 Å². The molecule has 1 N–H and O–H groups in total. The third kappa shape index (κ3) is 3.32. The topological polar surface area (TPSA) is 70.5 Å². The summed E-state index contributed by atoms with van der Waals surface area (Å²) in [6.45, 7) is 2.99. The number of nitrogens with zero attached hydrogens (tertiary/aromatic N) is 4. The third-order valence-electron chi connectivity index (χ3n) is 6.01. The third-order valence-corrected chi connectivity index (χ3v) is 6.01. The minimum Gasteiger partial charge on any atom is -0.338 e. The summed E-state index contributed by atoms with van der Waals surface area (Å²) in [7, 11) is 3.86. The van der Waals surface area contributed by atoms with Gasteiger partial charge in [0.25, 0.3) is 5.91 Å². The van der Waals surface area contributed by atoms with Crippen LogP contribution in [0.15, 0.2) is 24.5 Å². The minimum atomic E-state index is 0.0691. The molecule has 27 heavy (non-hydrogen) atoms. The largest absolute Gasteiger partial charge is 0.338 e. The summed E-state index contributed by atoms with van der Waals surface area (Å²) in [6.07, 6.45) is 4.09. The number of aryl methyl sites for hydroxylation is 1. The molecule has 0 bridgehead atoms. The zero-order valence-electron chi connectivity index (χ0n) is 16.0. The van der Waals surface area contributed by atoms with Crippen molar-refractivity contribution in [3.8, 4) is 0 Å². The lowest BCUT2D eigenvalue weighted by atomic mass is 9.83. The molecule has 0 saturated carbocycles. The fraction of sp³-hybridized carbons (Fsp3) is 0.550. The van der Waals surface area contributed by atoms with Crippen molar-refractivity contribution in [3.63, 3.8) is 0 Å². The van der Waals surface area contributed by atoms with Gasteiger partial charge in [-0.2, -0.15) is 0 Å². The van der Waals surface area contributed by atoms with Gasteiger partial charge in [0.05, 0.1) is 17.4 Å². The van der Waals surface area contributed by atoms with Crippen LogP contribution in [-0.2, 0) is 11.8 Å². The molecule has 0 unspecified atom stereocenters. The van der Waals surface area contributed by atoms with Gasteiger partial charge in [-0.1, -0.05) is 0 Å². The Labute approximate surface area is 159 Å². The number of likely N-dealkylation sites (tertiary alicyclic amines) is 2. The maximum Gasteiger partial charge on any atom is 0.253 e. The number of imidazole rings is 1. The van der Waals surface area contributed by atoms with E-state index in [0.717, 1.165) is 43.5 Å². The van der Waals surface area contributed by atoms with Crippen LogP contribution < -0.4 is 5.32 Å². The van der Waals surface area contributed by atoms with Crippen molar-refractivity contribution >= 4 is 22.8 Å². The van der Waals surface area contributed by atoms with E-state index in [9.17, 15) is 9.59 Å². The number of carbonyl (C=O) groups is 2. The van der Waals surface area contributed by atoms with Gasteiger partial charge in [-0.05, 0) is 44.0 Å². The van der Waals surface area contributed by atoms with Crippen molar-refractivity contribution in [3.05, 3.63) is 30.1 Å². The van der Waals surface area contributed by atoms with E-state index in [-0.39, 0.29) is 17.9 Å². The number of fused-ring (bicyclic) bond motifs is 2. The molecule has 2 amide bonds. The first kappa shape index (κ1) is 18.0. The standard InChI is InChI=1S/C20H27N5O2/c1-21-8-10-25-17-7-9-24(12-15(17)4-6-19(25)26)20(27)14-3-5-18-16(11-14)22-13-23(18)2/h3,5,11,13,15,17,21H,4,6-10,12H2,1-2H3/t15-,17+/m0/s1. The maximum atomic E-state index is 13.0. The number of aromatic nitrogens is 2. The second-order valence-corrected chi connectivity index (χ2v) is 7.66. The fourth-order valence-corrected chi connectivity index (χ4v) is 4.51. The van der Waals surface area contributed by atoms with Crippen molar-refractivity contribution in [1.29, 1.82) is 0 Å². The number of piperidine rings is 2. The Morgan fingerprint density at radius 1 is 1.33 bits per heavy atom. The zero-order valence-corrected chi connectivity index (χ0v) is 16.0. The number of rotatable bonds is 4. The smallest absolute Gasteiger partial charge is 0.253 e. The summed E-state index contributed by atoms with van der Waals surface area (Å²) in [4.78, 5) is 33.7. The van der Waals surface area contributed by atoms with Gasteiger partial charge in [0.15, 0.2) is 0 Å². The predicted octanol–water partition coefficient (Wildman–Crippen LogP) is 1.25. The Balaban J connectivity index is 1.48. The van der Waals surface area contributed by atoms with Crippen LogP contribution in [0.1, 0.15) is 29.6 Å². The van der Waals surface area contributed by atoms with Gasteiger partial charge in [0.2, 0.25) is 5.91 Å². The van der Waals surface area contributed by atoms with Crippen LogP contribution in [0.3, 0.4) is 0 Å². The summed E-state index contributed by atoms with van der Waals surface area (Å²) in [5.74, 6) is 0.697. The molecule has 2 fully saturated rings. The number of carbonyl (C=O) groups excluding carboxylic acids is 2. The molecule has 0 spiro atoms. The highest BCUT2D eigenvalue weighted by molar-refractivity contribution is 5.97. The van der Waals surface area contributed by atoms with Gasteiger partial charge >= 0.3 is 0 Å². The molecule has 1 aromatic heterocycles. The molecule has 1 aromatic carbocycles. The lowest BCUT2D eigenvalue weighted by Crippen LogP contribution is -2.57. The van der Waals surface area contributed by atoms with E-state index in [1.54, 1.807) is 6.33 Å². The highest BCUT2D eigenvalue weighted by Crippen LogP contribution is 2.31. The first-order valence-electron chi connectivity index (χ1n) is 9.73. The number of nitrogens with one attached hydrogen (secondary N) is 1. The predicted molar refractivity (Wildman–Crippen MR) is 103 cm³/mol. The molecular formula is C20H27N5O2. The van der Waals surface area contributed by atoms with Crippen LogP contribution in [-0.4, -0.2) is 70.4 Å². The molecule has 2 aliphatic rings. The Kier molecular flexibility index (Phi) is 4.86. The Hall–Kier alpha value is -2.41. The van der Waals surface area contributed by atoms with Crippen molar-refractivity contribution in [2.75, 3.05) is 33.2 Å². The molecule has 144 valence electrons. The van der Waals surface area contributed by atoms with Crippen LogP contribution >= 0.6 is 0 Å². The SMILES string of the molecule is CNCCN1C(=O)CC[C@H]2CN(C(=O)c3ccc4c(c3)ncn4C)CC[C@H]21. The number of benzene rings is 1. The summed E-state index contributed by atoms with van der Waals surface area (Å²) >= 11 is 0. The number of likely N-dealkylation sites (N-methyl/N-ethyl adjacent to an activating group) is 1. The molecule has 4 rings (SSSR count). The fourth-order valence-electron chi connectivity index (χ4n) is 4.51. The van der Waals surface area contributed by atoms with E-state index in [0.29, 0.717) is 24.4 Å². The van der Waals surface area contributed by atoms with E-state index < -0.39 is 0 Å². The monoisotopic (exact) mass is 369 g/mol. The maximum absolute atomic E-state index is 13.0. The molecule has 2 aromatic rings. The van der Waals surface area contributed by atoms with Gasteiger partial charge < -0.3 is 19.7 Å². The average molecular weight is 369 g/mol. The van der Waals surface area contributed by atoms with Gasteiger partial charge in [-0.15, -0.1) is 0 Å². The van der Waals surface area contributed by atoms with Crippen molar-refractivity contribution < 1.29 is 9.59 Å². The summed E-state index contributed by atoms with van der Waals surface area (Å²) in [5.41, 5.74) is 2.56. The first-order chi connectivity index (χ1) is 13.1. The molecule has 0 radical (unpaired) electrons. The van der Waals surface area contributed by atoms with E-state index in [1.165, 1.54) is 0 Å². The first-order valence-corrected chi connectivity index (χ1v) is 9.73. The number of amides is 2. The van der Waals surface area contributed by atoms with Gasteiger partial charge in [-0.25, -0.2) is 4.98 Å².